The predicted molar refractivity (Wildman–Crippen MR) is 127 cm³/mol. The van der Waals surface area contributed by atoms with E-state index in [9.17, 15) is 13.6 Å². The first-order chi connectivity index (χ1) is 17.0. The highest BCUT2D eigenvalue weighted by Gasteiger charge is 2.18. The van der Waals surface area contributed by atoms with Crippen LogP contribution in [0, 0.1) is 11.6 Å². The summed E-state index contributed by atoms with van der Waals surface area (Å²) in [6.45, 7) is 0.0139. The van der Waals surface area contributed by atoms with Gasteiger partial charge in [0.2, 0.25) is 0 Å². The fourth-order valence-electron chi connectivity index (χ4n) is 3.36. The highest BCUT2D eigenvalue weighted by molar-refractivity contribution is 7.98. The van der Waals surface area contributed by atoms with Crippen molar-refractivity contribution in [2.75, 3.05) is 0 Å². The van der Waals surface area contributed by atoms with E-state index in [1.807, 2.05) is 30.3 Å². The highest BCUT2D eigenvalue weighted by atomic mass is 35.5. The molecule has 0 bridgehead atoms. The third kappa shape index (κ3) is 4.86. The first kappa shape index (κ1) is 22.9. The number of rotatable bonds is 7. The zero-order chi connectivity index (χ0) is 24.4. The Balaban J connectivity index is 1.45. The molecule has 3 aromatic carbocycles. The number of benzene rings is 3. The maximum atomic E-state index is 13.6. The molecular formula is C23H16ClF2N7OS. The van der Waals surface area contributed by atoms with Gasteiger partial charge in [-0.3, -0.25) is 4.57 Å². The molecule has 0 spiro atoms. The van der Waals surface area contributed by atoms with Gasteiger partial charge in [0.15, 0.2) is 22.6 Å². The molecule has 0 aliphatic rings. The minimum absolute atomic E-state index is 0.0139. The molecule has 0 aliphatic heterocycles. The smallest absolute Gasteiger partial charge is 0.272 e. The number of hydrogen-bond donors (Lipinski definition) is 0. The molecule has 176 valence electrons. The standard InChI is InChI=1S/C23H16ClF2N7OS/c24-16-7-9-18(10-8-16)33-23(34)31(29-30-33)13-21-27-28-22(32(21)17-4-2-1-3-5-17)35-14-15-6-11-19(25)20(26)12-15/h1-12H,13-14H2. The number of halogens is 3. The summed E-state index contributed by atoms with van der Waals surface area (Å²) >= 11 is 7.23. The van der Waals surface area contributed by atoms with Gasteiger partial charge in [0.05, 0.1) is 5.69 Å². The number of hydrogen-bond acceptors (Lipinski definition) is 6. The van der Waals surface area contributed by atoms with Gasteiger partial charge in [-0.05, 0) is 64.5 Å². The summed E-state index contributed by atoms with van der Waals surface area (Å²) in [6, 6.07) is 19.8. The fourth-order valence-corrected chi connectivity index (χ4v) is 4.40. The zero-order valence-corrected chi connectivity index (χ0v) is 19.5. The Hall–Kier alpha value is -3.83. The summed E-state index contributed by atoms with van der Waals surface area (Å²) < 4.78 is 31.0. The molecule has 0 atom stereocenters. The summed E-state index contributed by atoms with van der Waals surface area (Å²) in [4.78, 5) is 12.9. The summed E-state index contributed by atoms with van der Waals surface area (Å²) in [7, 11) is 0. The fraction of sp³-hybridized carbons (Fsp3) is 0.0870. The van der Waals surface area contributed by atoms with Gasteiger partial charge in [0.1, 0.15) is 6.54 Å². The van der Waals surface area contributed by atoms with E-state index in [0.29, 0.717) is 33.0 Å². The molecule has 0 saturated heterocycles. The zero-order valence-electron chi connectivity index (χ0n) is 17.9. The SMILES string of the molecule is O=c1n(Cc2nnc(SCc3ccc(F)c(F)c3)n2-c2ccccc2)nnn1-c1ccc(Cl)cc1. The van der Waals surface area contributed by atoms with E-state index in [2.05, 4.69) is 20.6 Å². The molecule has 2 heterocycles. The summed E-state index contributed by atoms with van der Waals surface area (Å²) in [5.74, 6) is -1.01. The van der Waals surface area contributed by atoms with Crippen LogP contribution >= 0.6 is 23.4 Å². The van der Waals surface area contributed by atoms with Crippen LogP contribution in [0.5, 0.6) is 0 Å². The van der Waals surface area contributed by atoms with Crippen LogP contribution in [0.1, 0.15) is 11.4 Å². The van der Waals surface area contributed by atoms with Crippen molar-refractivity contribution >= 4 is 23.4 Å². The molecule has 0 saturated carbocycles. The number of para-hydroxylation sites is 1. The Morgan fingerprint density at radius 3 is 2.37 bits per heavy atom. The Morgan fingerprint density at radius 2 is 1.63 bits per heavy atom. The third-order valence-corrected chi connectivity index (χ3v) is 6.32. The molecule has 8 nitrogen and oxygen atoms in total. The van der Waals surface area contributed by atoms with E-state index >= 15 is 0 Å². The number of aromatic nitrogens is 7. The van der Waals surface area contributed by atoms with Crippen LogP contribution in [0.4, 0.5) is 8.78 Å². The lowest BCUT2D eigenvalue weighted by molar-refractivity contribution is 0.507. The Kier molecular flexibility index (Phi) is 6.43. The van der Waals surface area contributed by atoms with Crippen molar-refractivity contribution in [3.05, 3.63) is 111 Å². The molecule has 0 N–H and O–H groups in total. The number of tetrazole rings is 1. The molecule has 0 amide bonds. The van der Waals surface area contributed by atoms with Gasteiger partial charge >= 0.3 is 5.69 Å². The minimum Gasteiger partial charge on any atom is -0.272 e. The van der Waals surface area contributed by atoms with Crippen molar-refractivity contribution in [1.82, 2.24) is 34.6 Å². The number of thioether (sulfide) groups is 1. The second-order valence-corrected chi connectivity index (χ2v) is 8.79. The van der Waals surface area contributed by atoms with Crippen LogP contribution < -0.4 is 5.69 Å². The van der Waals surface area contributed by atoms with E-state index in [-0.39, 0.29) is 6.54 Å². The lowest BCUT2D eigenvalue weighted by atomic mass is 10.2. The van der Waals surface area contributed by atoms with Gasteiger partial charge in [-0.25, -0.2) is 13.6 Å². The van der Waals surface area contributed by atoms with E-state index in [0.717, 1.165) is 22.5 Å². The van der Waals surface area contributed by atoms with Crippen molar-refractivity contribution < 1.29 is 8.78 Å². The van der Waals surface area contributed by atoms with Crippen molar-refractivity contribution in [3.63, 3.8) is 0 Å². The van der Waals surface area contributed by atoms with Gasteiger partial charge in [-0.2, -0.15) is 9.36 Å². The largest absolute Gasteiger partial charge is 0.368 e. The van der Waals surface area contributed by atoms with Gasteiger partial charge < -0.3 is 0 Å². The normalized spacial score (nSPS) is 11.2. The molecule has 5 aromatic rings. The van der Waals surface area contributed by atoms with Crippen molar-refractivity contribution in [3.8, 4) is 11.4 Å². The molecule has 0 radical (unpaired) electrons. The van der Waals surface area contributed by atoms with Crippen LogP contribution in [0.3, 0.4) is 0 Å². The summed E-state index contributed by atoms with van der Waals surface area (Å²) in [5.41, 5.74) is 1.45. The molecular weight excluding hydrogens is 496 g/mol. The van der Waals surface area contributed by atoms with Crippen LogP contribution in [-0.4, -0.2) is 34.6 Å². The van der Waals surface area contributed by atoms with Crippen molar-refractivity contribution in [1.29, 1.82) is 0 Å². The second kappa shape index (κ2) is 9.80. The highest BCUT2D eigenvalue weighted by Crippen LogP contribution is 2.26. The summed E-state index contributed by atoms with van der Waals surface area (Å²) in [6.07, 6.45) is 0. The van der Waals surface area contributed by atoms with E-state index in [1.165, 1.54) is 22.5 Å². The average molecular weight is 512 g/mol. The van der Waals surface area contributed by atoms with Crippen LogP contribution in [0.15, 0.2) is 82.7 Å². The molecule has 2 aromatic heterocycles. The molecule has 35 heavy (non-hydrogen) atoms. The molecule has 0 unspecified atom stereocenters. The Morgan fingerprint density at radius 1 is 0.857 bits per heavy atom. The average Bonchev–Trinajstić information content (AvgIpc) is 3.44. The first-order valence-electron chi connectivity index (χ1n) is 10.3. The summed E-state index contributed by atoms with van der Waals surface area (Å²) in [5, 5.41) is 17.5. The minimum atomic E-state index is -0.906. The lowest BCUT2D eigenvalue weighted by Gasteiger charge is -2.10. The topological polar surface area (TPSA) is 83.4 Å². The maximum Gasteiger partial charge on any atom is 0.368 e. The third-order valence-electron chi connectivity index (χ3n) is 5.07. The van der Waals surface area contributed by atoms with E-state index < -0.39 is 17.3 Å². The van der Waals surface area contributed by atoms with Gasteiger partial charge in [-0.15, -0.1) is 10.2 Å². The Labute approximate surface area is 206 Å². The van der Waals surface area contributed by atoms with Gasteiger partial charge in [-0.1, -0.05) is 47.6 Å². The Bertz CT molecular complexity index is 1530. The molecule has 0 aliphatic carbocycles. The molecule has 5 rings (SSSR count). The maximum absolute atomic E-state index is 13.6. The van der Waals surface area contributed by atoms with Crippen molar-refractivity contribution in [2.45, 2.75) is 17.5 Å². The monoisotopic (exact) mass is 511 g/mol. The second-order valence-electron chi connectivity index (χ2n) is 7.41. The van der Waals surface area contributed by atoms with E-state index in [1.54, 1.807) is 28.8 Å². The number of nitrogens with zero attached hydrogens (tertiary/aromatic N) is 7. The first-order valence-corrected chi connectivity index (χ1v) is 11.7. The van der Waals surface area contributed by atoms with Gasteiger partial charge in [0.25, 0.3) is 0 Å². The van der Waals surface area contributed by atoms with Crippen LogP contribution in [0.2, 0.25) is 5.02 Å². The van der Waals surface area contributed by atoms with Crippen LogP contribution in [0.25, 0.3) is 11.4 Å². The molecule has 0 fully saturated rings. The van der Waals surface area contributed by atoms with Crippen molar-refractivity contribution in [2.24, 2.45) is 0 Å². The quantitative estimate of drug-likeness (QED) is 0.303. The molecule has 12 heteroatoms. The van der Waals surface area contributed by atoms with Gasteiger partial charge in [0, 0.05) is 16.5 Å². The predicted octanol–water partition coefficient (Wildman–Crippen LogP) is 4.28. The van der Waals surface area contributed by atoms with E-state index in [4.69, 9.17) is 11.6 Å². The lowest BCUT2D eigenvalue weighted by Crippen LogP contribution is -2.25. The van der Waals surface area contributed by atoms with Crippen LogP contribution in [-0.2, 0) is 12.3 Å².